The predicted molar refractivity (Wildman–Crippen MR) is 61.6 cm³/mol. The molecular weight excluding hydrogens is 176 g/mol. The van der Waals surface area contributed by atoms with Gasteiger partial charge in [0.15, 0.2) is 0 Å². The molecule has 0 radical (unpaired) electrons. The molecule has 0 amide bonds. The maximum atomic E-state index is 4.94. The molecule has 0 aliphatic carbocycles. The van der Waals surface area contributed by atoms with Gasteiger partial charge in [-0.15, -0.1) is 13.2 Å². The Morgan fingerprint density at radius 2 is 1.86 bits per heavy atom. The minimum atomic E-state index is 0.767. The maximum Gasteiger partial charge on any atom is 0.0587 e. The Bertz CT molecular complexity index is 138. The molecule has 0 spiro atoms. The Kier molecular flexibility index (Phi) is 9.96. The fraction of sp³-hybridized carbons (Fsp3) is 0.636. The topological polar surface area (TPSA) is 24.5 Å². The summed E-state index contributed by atoms with van der Waals surface area (Å²) in [5.74, 6) is 0. The molecule has 0 bridgehead atoms. The van der Waals surface area contributed by atoms with Crippen molar-refractivity contribution in [2.45, 2.75) is 0 Å². The molecule has 0 aromatic rings. The van der Waals surface area contributed by atoms with E-state index in [-0.39, 0.29) is 0 Å². The van der Waals surface area contributed by atoms with Gasteiger partial charge in [0, 0.05) is 39.8 Å². The van der Waals surface area contributed by atoms with Gasteiger partial charge in [-0.25, -0.2) is 0 Å². The SMILES string of the molecule is C=CCN(CC=C)CCNCCOC. The van der Waals surface area contributed by atoms with Crippen LogP contribution in [0.15, 0.2) is 25.3 Å². The number of ether oxygens (including phenoxy) is 1. The van der Waals surface area contributed by atoms with Crippen LogP contribution >= 0.6 is 0 Å². The molecule has 0 aromatic carbocycles. The van der Waals surface area contributed by atoms with Crippen LogP contribution in [0.4, 0.5) is 0 Å². The Balaban J connectivity index is 3.39. The van der Waals surface area contributed by atoms with E-state index in [1.165, 1.54) is 0 Å². The number of hydrogen-bond acceptors (Lipinski definition) is 3. The summed E-state index contributed by atoms with van der Waals surface area (Å²) < 4.78 is 4.94. The number of nitrogens with zero attached hydrogens (tertiary/aromatic N) is 1. The number of hydrogen-bond donors (Lipinski definition) is 1. The lowest BCUT2D eigenvalue weighted by molar-refractivity contribution is 0.198. The lowest BCUT2D eigenvalue weighted by Crippen LogP contribution is -2.33. The highest BCUT2D eigenvalue weighted by molar-refractivity contribution is 4.79. The molecule has 0 aromatic heterocycles. The zero-order chi connectivity index (χ0) is 10.6. The van der Waals surface area contributed by atoms with Crippen molar-refractivity contribution in [3.05, 3.63) is 25.3 Å². The Morgan fingerprint density at radius 3 is 2.36 bits per heavy atom. The fourth-order valence-corrected chi connectivity index (χ4v) is 1.16. The summed E-state index contributed by atoms with van der Waals surface area (Å²) in [4.78, 5) is 2.28. The van der Waals surface area contributed by atoms with Crippen LogP contribution < -0.4 is 5.32 Å². The second kappa shape index (κ2) is 10.4. The van der Waals surface area contributed by atoms with E-state index in [4.69, 9.17) is 4.74 Å². The van der Waals surface area contributed by atoms with E-state index in [1.54, 1.807) is 7.11 Å². The Hall–Kier alpha value is -0.640. The largest absolute Gasteiger partial charge is 0.383 e. The van der Waals surface area contributed by atoms with Gasteiger partial charge >= 0.3 is 0 Å². The molecule has 0 saturated heterocycles. The quantitative estimate of drug-likeness (QED) is 0.417. The Morgan fingerprint density at radius 1 is 1.21 bits per heavy atom. The van der Waals surface area contributed by atoms with Gasteiger partial charge in [-0.1, -0.05) is 12.2 Å². The second-order valence-corrected chi connectivity index (χ2v) is 3.08. The summed E-state index contributed by atoms with van der Waals surface area (Å²) in [5.41, 5.74) is 0. The van der Waals surface area contributed by atoms with Crippen molar-refractivity contribution in [3.8, 4) is 0 Å². The van der Waals surface area contributed by atoms with Gasteiger partial charge in [0.1, 0.15) is 0 Å². The average Bonchev–Trinajstić information content (AvgIpc) is 2.18. The first-order valence-electron chi connectivity index (χ1n) is 4.99. The van der Waals surface area contributed by atoms with E-state index in [0.29, 0.717) is 0 Å². The molecule has 1 N–H and O–H groups in total. The molecule has 0 saturated carbocycles. The lowest BCUT2D eigenvalue weighted by Gasteiger charge is -2.18. The van der Waals surface area contributed by atoms with Gasteiger partial charge in [-0.3, -0.25) is 4.90 Å². The van der Waals surface area contributed by atoms with E-state index < -0.39 is 0 Å². The van der Waals surface area contributed by atoms with Crippen LogP contribution in [0.5, 0.6) is 0 Å². The molecule has 0 fully saturated rings. The minimum absolute atomic E-state index is 0.767. The van der Waals surface area contributed by atoms with Crippen LogP contribution in [0.3, 0.4) is 0 Å². The lowest BCUT2D eigenvalue weighted by atomic mass is 10.4. The minimum Gasteiger partial charge on any atom is -0.383 e. The van der Waals surface area contributed by atoms with Crippen molar-refractivity contribution in [1.29, 1.82) is 0 Å². The van der Waals surface area contributed by atoms with E-state index in [0.717, 1.165) is 39.3 Å². The summed E-state index contributed by atoms with van der Waals surface area (Å²) in [6, 6.07) is 0. The number of methoxy groups -OCH3 is 1. The van der Waals surface area contributed by atoms with Crippen molar-refractivity contribution < 1.29 is 4.74 Å². The van der Waals surface area contributed by atoms with Gasteiger partial charge in [0.25, 0.3) is 0 Å². The van der Waals surface area contributed by atoms with Crippen molar-refractivity contribution in [1.82, 2.24) is 10.2 Å². The smallest absolute Gasteiger partial charge is 0.0587 e. The van der Waals surface area contributed by atoms with E-state index in [1.807, 2.05) is 12.2 Å². The van der Waals surface area contributed by atoms with Crippen LogP contribution in [0.2, 0.25) is 0 Å². The standard InChI is InChI=1S/C11H22N2O/c1-4-8-13(9-5-2)10-6-12-7-11-14-3/h4-5,12H,1-2,6-11H2,3H3. The van der Waals surface area contributed by atoms with Crippen LogP contribution in [-0.2, 0) is 4.74 Å². The molecular formula is C11H22N2O. The zero-order valence-corrected chi connectivity index (χ0v) is 9.17. The Labute approximate surface area is 87.4 Å². The molecule has 0 rings (SSSR count). The highest BCUT2D eigenvalue weighted by Gasteiger charge is 1.98. The van der Waals surface area contributed by atoms with Gasteiger partial charge in [0.2, 0.25) is 0 Å². The summed E-state index contributed by atoms with van der Waals surface area (Å²) in [6.45, 7) is 12.9. The van der Waals surface area contributed by atoms with Gasteiger partial charge < -0.3 is 10.1 Å². The zero-order valence-electron chi connectivity index (χ0n) is 9.17. The maximum absolute atomic E-state index is 4.94. The molecule has 0 unspecified atom stereocenters. The van der Waals surface area contributed by atoms with Gasteiger partial charge in [-0.2, -0.15) is 0 Å². The third-order valence-corrected chi connectivity index (χ3v) is 1.86. The molecule has 0 aliphatic rings. The van der Waals surface area contributed by atoms with Crippen LogP contribution in [-0.4, -0.2) is 51.3 Å². The van der Waals surface area contributed by atoms with E-state index in [9.17, 15) is 0 Å². The normalized spacial score (nSPS) is 10.4. The molecule has 3 nitrogen and oxygen atoms in total. The van der Waals surface area contributed by atoms with Crippen molar-refractivity contribution in [2.75, 3.05) is 46.4 Å². The highest BCUT2D eigenvalue weighted by atomic mass is 16.5. The summed E-state index contributed by atoms with van der Waals surface area (Å²) >= 11 is 0. The van der Waals surface area contributed by atoms with E-state index in [2.05, 4.69) is 23.4 Å². The predicted octanol–water partition coefficient (Wildman–Crippen LogP) is 0.896. The average molecular weight is 198 g/mol. The third-order valence-electron chi connectivity index (χ3n) is 1.86. The first kappa shape index (κ1) is 13.4. The second-order valence-electron chi connectivity index (χ2n) is 3.08. The summed E-state index contributed by atoms with van der Waals surface area (Å²) in [7, 11) is 1.71. The first-order valence-corrected chi connectivity index (χ1v) is 4.99. The molecule has 0 heterocycles. The van der Waals surface area contributed by atoms with Crippen molar-refractivity contribution in [3.63, 3.8) is 0 Å². The number of rotatable bonds is 10. The molecule has 82 valence electrons. The summed E-state index contributed by atoms with van der Waals surface area (Å²) in [6.07, 6.45) is 3.83. The summed E-state index contributed by atoms with van der Waals surface area (Å²) in [5, 5.41) is 3.30. The van der Waals surface area contributed by atoms with Crippen LogP contribution in [0.25, 0.3) is 0 Å². The monoisotopic (exact) mass is 198 g/mol. The fourth-order valence-electron chi connectivity index (χ4n) is 1.16. The van der Waals surface area contributed by atoms with Gasteiger partial charge in [-0.05, 0) is 0 Å². The molecule has 0 aliphatic heterocycles. The molecule has 14 heavy (non-hydrogen) atoms. The third kappa shape index (κ3) is 7.98. The van der Waals surface area contributed by atoms with Crippen LogP contribution in [0.1, 0.15) is 0 Å². The van der Waals surface area contributed by atoms with Crippen molar-refractivity contribution >= 4 is 0 Å². The first-order chi connectivity index (χ1) is 6.85. The van der Waals surface area contributed by atoms with Gasteiger partial charge in [0.05, 0.1) is 6.61 Å². The molecule has 3 heteroatoms. The van der Waals surface area contributed by atoms with E-state index >= 15 is 0 Å². The highest BCUT2D eigenvalue weighted by Crippen LogP contribution is 1.87. The molecule has 0 atom stereocenters. The van der Waals surface area contributed by atoms with Crippen molar-refractivity contribution in [2.24, 2.45) is 0 Å². The van der Waals surface area contributed by atoms with Crippen LogP contribution in [0, 0.1) is 0 Å². The number of nitrogens with one attached hydrogen (secondary N) is 1.